The molecule has 172 valence electrons. The van der Waals surface area contributed by atoms with Gasteiger partial charge in [0.15, 0.2) is 0 Å². The average Bonchev–Trinajstić information content (AvgIpc) is 3.41. The van der Waals surface area contributed by atoms with E-state index >= 15 is 0 Å². The highest BCUT2D eigenvalue weighted by atomic mass is 127. The number of aliphatic hydroxyl groups excluding tert-OH is 1. The average molecular weight is 558 g/mol. The molecule has 2 atom stereocenters. The van der Waals surface area contributed by atoms with Crippen LogP contribution in [0.15, 0.2) is 53.5 Å². The van der Waals surface area contributed by atoms with Crippen LogP contribution in [-0.2, 0) is 4.79 Å². The molecule has 1 aliphatic heterocycles. The number of carbonyl (C=O) groups is 1. The second-order valence-electron chi connectivity index (χ2n) is 7.42. The highest BCUT2D eigenvalue weighted by Gasteiger charge is 2.61. The number of guanidine groups is 1. The maximum Gasteiger partial charge on any atom is 0.260 e. The third-order valence-corrected chi connectivity index (χ3v) is 6.61. The summed E-state index contributed by atoms with van der Waals surface area (Å²) in [6.07, 6.45) is 2.51. The van der Waals surface area contributed by atoms with Gasteiger partial charge >= 0.3 is 0 Å². The first-order valence-corrected chi connectivity index (χ1v) is 12.7. The van der Waals surface area contributed by atoms with Gasteiger partial charge in [-0.3, -0.25) is 9.69 Å². The highest BCUT2D eigenvalue weighted by molar-refractivity contribution is 14.2. The van der Waals surface area contributed by atoms with E-state index in [9.17, 15) is 18.7 Å². The van der Waals surface area contributed by atoms with Gasteiger partial charge in [0.1, 0.15) is 23.9 Å². The summed E-state index contributed by atoms with van der Waals surface area (Å²) in [5.41, 5.74) is 1.95. The third-order valence-electron chi connectivity index (χ3n) is 4.92. The van der Waals surface area contributed by atoms with Crippen molar-refractivity contribution in [3.63, 3.8) is 0 Å². The molecule has 1 amide bonds. The SMILES string of the molecule is C=C(NC1=NCI=CN1c1cc(NC(=O)[C@H]2CC2(F)F)ncn1)/C(C)=C\C(=C)C(O)CC. The van der Waals surface area contributed by atoms with Crippen LogP contribution in [0.25, 0.3) is 0 Å². The van der Waals surface area contributed by atoms with Crippen LogP contribution in [0.2, 0.25) is 0 Å². The van der Waals surface area contributed by atoms with Crippen molar-refractivity contribution >= 4 is 48.4 Å². The van der Waals surface area contributed by atoms with Crippen LogP contribution in [0, 0.1) is 5.92 Å². The predicted octanol–water partition coefficient (Wildman–Crippen LogP) is 3.31. The van der Waals surface area contributed by atoms with Gasteiger partial charge in [-0.15, -0.1) is 0 Å². The molecule has 3 rings (SSSR count). The minimum absolute atomic E-state index is 0.138. The Morgan fingerprint density at radius 2 is 2.16 bits per heavy atom. The van der Waals surface area contributed by atoms with E-state index in [0.29, 0.717) is 34.0 Å². The molecule has 1 saturated carbocycles. The van der Waals surface area contributed by atoms with Crippen LogP contribution in [0.4, 0.5) is 20.4 Å². The number of nitrogens with one attached hydrogen (secondary N) is 2. The Labute approximate surface area is 195 Å². The first-order chi connectivity index (χ1) is 15.1. The number of hydrogen-bond donors (Lipinski definition) is 3. The van der Waals surface area contributed by atoms with Crippen molar-refractivity contribution in [2.75, 3.05) is 14.8 Å². The molecule has 0 aromatic carbocycles. The zero-order chi connectivity index (χ0) is 23.5. The van der Waals surface area contributed by atoms with E-state index in [2.05, 4.69) is 38.8 Å². The Kier molecular flexibility index (Phi) is 7.49. The van der Waals surface area contributed by atoms with Gasteiger partial charge in [-0.05, 0) is 24.5 Å². The van der Waals surface area contributed by atoms with E-state index < -0.39 is 30.3 Å². The Morgan fingerprint density at radius 3 is 2.81 bits per heavy atom. The number of alkyl halides is 3. The van der Waals surface area contributed by atoms with Crippen molar-refractivity contribution in [1.82, 2.24) is 15.3 Å². The largest absolute Gasteiger partial charge is 0.388 e. The summed E-state index contributed by atoms with van der Waals surface area (Å²) in [5, 5.41) is 15.5. The number of hydrogen-bond acceptors (Lipinski definition) is 7. The number of allylic oxidation sites excluding steroid dienone is 1. The maximum absolute atomic E-state index is 13.1. The molecule has 1 fully saturated rings. The third kappa shape index (κ3) is 5.82. The monoisotopic (exact) mass is 558 g/mol. The molecule has 2 heterocycles. The molecule has 1 aromatic rings. The number of aliphatic imine (C=N–C) groups is 1. The van der Waals surface area contributed by atoms with Crippen molar-refractivity contribution in [3.05, 3.63) is 48.5 Å². The van der Waals surface area contributed by atoms with Crippen LogP contribution < -0.4 is 15.5 Å². The number of aromatic nitrogens is 2. The summed E-state index contributed by atoms with van der Waals surface area (Å²) in [7, 11) is 0. The summed E-state index contributed by atoms with van der Waals surface area (Å²) in [6.45, 7) is 11.6. The second-order valence-corrected chi connectivity index (χ2v) is 9.54. The van der Waals surface area contributed by atoms with E-state index in [-0.39, 0.29) is 26.5 Å². The normalized spacial score (nSPS) is 20.5. The van der Waals surface area contributed by atoms with Crippen LogP contribution in [-0.4, -0.2) is 47.7 Å². The summed E-state index contributed by atoms with van der Waals surface area (Å²) in [4.78, 5) is 26.4. The Bertz CT molecular complexity index is 1020. The molecule has 0 saturated heterocycles. The molecule has 1 aliphatic carbocycles. The number of aliphatic hydroxyl groups is 1. The van der Waals surface area contributed by atoms with Crippen LogP contribution in [0.3, 0.4) is 0 Å². The number of halogens is 3. The summed E-state index contributed by atoms with van der Waals surface area (Å²) in [6, 6.07) is 1.51. The van der Waals surface area contributed by atoms with Crippen LogP contribution in [0.1, 0.15) is 26.7 Å². The van der Waals surface area contributed by atoms with Gasteiger partial charge in [-0.2, -0.15) is 0 Å². The van der Waals surface area contributed by atoms with Gasteiger partial charge in [0.25, 0.3) is 5.92 Å². The van der Waals surface area contributed by atoms with E-state index in [1.807, 2.05) is 18.0 Å². The molecule has 0 bridgehead atoms. The minimum Gasteiger partial charge on any atom is -0.388 e. The topological polar surface area (TPSA) is 103 Å². The summed E-state index contributed by atoms with van der Waals surface area (Å²) >= 11 is -0.352. The van der Waals surface area contributed by atoms with Gasteiger partial charge in [-0.25, -0.2) is 23.7 Å². The standard InChI is InChI=1S/C21H25F2IN6O2/c1-5-16(31)13(3)6-12(2)14(4)28-20-25-9-24-10-30(20)18-7-17(26-11-27-18)29-19(32)15-8-21(15,22)23/h6-7,10-11,15-16,31H,3-5,8-9H2,1-2H3,(H,25,28)(H,26,27,29,32)/b12-6-/t15-,16?/m1/s1. The van der Waals surface area contributed by atoms with Crippen molar-refractivity contribution in [3.8, 4) is 0 Å². The quantitative estimate of drug-likeness (QED) is 0.196. The number of amides is 1. The smallest absolute Gasteiger partial charge is 0.260 e. The molecule has 1 aromatic heterocycles. The molecular weight excluding hydrogens is 533 g/mol. The fraction of sp³-hybridized carbons (Fsp3) is 0.381. The van der Waals surface area contributed by atoms with Crippen LogP contribution >= 0.6 is 20.7 Å². The fourth-order valence-corrected chi connectivity index (χ4v) is 4.43. The second kappa shape index (κ2) is 9.94. The Hall–Kier alpha value is -2.54. The zero-order valence-electron chi connectivity index (χ0n) is 17.8. The number of anilines is 2. The first kappa shape index (κ1) is 24.1. The van der Waals surface area contributed by atoms with Crippen molar-refractivity contribution in [2.45, 2.75) is 38.7 Å². The van der Waals surface area contributed by atoms with Gasteiger partial charge in [0.2, 0.25) is 11.9 Å². The molecule has 0 spiro atoms. The zero-order valence-corrected chi connectivity index (χ0v) is 19.9. The Balaban J connectivity index is 1.71. The van der Waals surface area contributed by atoms with E-state index in [1.54, 1.807) is 11.0 Å². The van der Waals surface area contributed by atoms with Crippen molar-refractivity contribution < 1.29 is 18.7 Å². The van der Waals surface area contributed by atoms with E-state index in [4.69, 9.17) is 0 Å². The molecule has 2 aliphatic rings. The lowest BCUT2D eigenvalue weighted by Gasteiger charge is -2.25. The molecule has 11 heteroatoms. The summed E-state index contributed by atoms with van der Waals surface area (Å²) < 4.78 is 28.9. The van der Waals surface area contributed by atoms with Crippen molar-refractivity contribution in [1.29, 1.82) is 0 Å². The maximum atomic E-state index is 13.1. The molecule has 3 N–H and O–H groups in total. The lowest BCUT2D eigenvalue weighted by atomic mass is 10.1. The number of nitrogens with zero attached hydrogens (tertiary/aromatic N) is 4. The minimum atomic E-state index is -2.95. The van der Waals surface area contributed by atoms with Gasteiger partial charge in [0.05, 0.1) is 10.7 Å². The van der Waals surface area contributed by atoms with Crippen molar-refractivity contribution in [2.24, 2.45) is 10.9 Å². The summed E-state index contributed by atoms with van der Waals surface area (Å²) in [5.74, 6) is -3.96. The van der Waals surface area contributed by atoms with Gasteiger partial charge in [-0.1, -0.05) is 46.9 Å². The molecule has 0 radical (unpaired) electrons. The van der Waals surface area contributed by atoms with E-state index in [0.717, 1.165) is 5.57 Å². The molecule has 8 nitrogen and oxygen atoms in total. The first-order valence-electron chi connectivity index (χ1n) is 9.89. The number of rotatable bonds is 8. The van der Waals surface area contributed by atoms with Crippen LogP contribution in [0.5, 0.6) is 0 Å². The lowest BCUT2D eigenvalue weighted by Crippen LogP contribution is -2.41. The predicted molar refractivity (Wildman–Crippen MR) is 130 cm³/mol. The highest BCUT2D eigenvalue weighted by Crippen LogP contribution is 2.49. The lowest BCUT2D eigenvalue weighted by molar-refractivity contribution is -0.119. The molecular formula is C21H25F2IN6O2. The molecule has 1 unspecified atom stereocenters. The molecule has 32 heavy (non-hydrogen) atoms. The number of carbonyl (C=O) groups excluding carboxylic acids is 1. The fourth-order valence-electron chi connectivity index (χ4n) is 2.79. The Morgan fingerprint density at radius 1 is 1.44 bits per heavy atom. The van der Waals surface area contributed by atoms with E-state index in [1.165, 1.54) is 12.4 Å². The van der Waals surface area contributed by atoms with Gasteiger partial charge in [0, 0.05) is 22.3 Å². The van der Waals surface area contributed by atoms with Gasteiger partial charge < -0.3 is 15.7 Å².